The Morgan fingerprint density at radius 3 is 2.44 bits per heavy atom. The monoisotopic (exact) mass is 276 g/mol. The summed E-state index contributed by atoms with van der Waals surface area (Å²) in [6.45, 7) is 3.59. The zero-order valence-electron chi connectivity index (χ0n) is 9.18. The minimum absolute atomic E-state index is 0. The first kappa shape index (κ1) is 19.1. The fourth-order valence-electron chi connectivity index (χ4n) is 0.700. The number of hydrogen-bond donors (Lipinski definition) is 0. The summed E-state index contributed by atoms with van der Waals surface area (Å²) in [7, 11) is -4.16. The summed E-state index contributed by atoms with van der Waals surface area (Å²) in [5.74, 6) is -0.986. The molecule has 0 aromatic carbocycles. The van der Waals surface area contributed by atoms with Crippen LogP contribution in [-0.2, 0) is 24.4 Å². The van der Waals surface area contributed by atoms with Crippen LogP contribution in [0.2, 0.25) is 0 Å². The SMILES string of the molecule is C=CC(=O)OCCOCCCS(=O)(=O)[O-].[K+]. The quantitative estimate of drug-likeness (QED) is 0.151. The maximum atomic E-state index is 10.5. The van der Waals surface area contributed by atoms with Crippen molar-refractivity contribution in [3.8, 4) is 0 Å². The van der Waals surface area contributed by atoms with Crippen LogP contribution in [0.15, 0.2) is 12.7 Å². The Balaban J connectivity index is 0. The Morgan fingerprint density at radius 1 is 1.31 bits per heavy atom. The molecule has 16 heavy (non-hydrogen) atoms. The molecule has 8 heteroatoms. The fourth-order valence-corrected chi connectivity index (χ4v) is 1.17. The molecule has 88 valence electrons. The zero-order valence-corrected chi connectivity index (χ0v) is 13.1. The summed E-state index contributed by atoms with van der Waals surface area (Å²) in [6.07, 6.45) is 1.17. The third-order valence-corrected chi connectivity index (χ3v) is 2.11. The molecule has 0 heterocycles. The second-order valence-corrected chi connectivity index (χ2v) is 4.12. The summed E-state index contributed by atoms with van der Waals surface area (Å²) < 4.78 is 40.0. The van der Waals surface area contributed by atoms with Crippen LogP contribution in [0.3, 0.4) is 0 Å². The van der Waals surface area contributed by atoms with Crippen molar-refractivity contribution in [2.45, 2.75) is 6.42 Å². The third kappa shape index (κ3) is 14.7. The first-order chi connectivity index (χ1) is 6.95. The van der Waals surface area contributed by atoms with E-state index < -0.39 is 21.8 Å². The molecule has 0 atom stereocenters. The molecule has 0 rings (SSSR count). The Bertz CT molecular complexity index is 300. The van der Waals surface area contributed by atoms with Crippen molar-refractivity contribution in [2.24, 2.45) is 0 Å². The molecule has 0 spiro atoms. The molecule has 0 aliphatic rings. The van der Waals surface area contributed by atoms with Gasteiger partial charge in [-0.2, -0.15) is 0 Å². The molecule has 0 fully saturated rings. The van der Waals surface area contributed by atoms with E-state index in [0.717, 1.165) is 6.08 Å². The molecule has 0 aromatic rings. The predicted octanol–water partition coefficient (Wildman–Crippen LogP) is -3.33. The molecular formula is C8H13KO6S. The van der Waals surface area contributed by atoms with E-state index in [9.17, 15) is 17.8 Å². The van der Waals surface area contributed by atoms with E-state index in [0.29, 0.717) is 0 Å². The number of carbonyl (C=O) groups is 1. The second kappa shape index (κ2) is 10.8. The van der Waals surface area contributed by atoms with E-state index in [1.54, 1.807) is 0 Å². The number of esters is 1. The molecule has 0 aliphatic heterocycles. The Morgan fingerprint density at radius 2 is 1.94 bits per heavy atom. The Labute approximate surface area is 138 Å². The number of rotatable bonds is 8. The molecule has 0 bridgehead atoms. The molecule has 0 aliphatic carbocycles. The van der Waals surface area contributed by atoms with Gasteiger partial charge in [-0.3, -0.25) is 0 Å². The first-order valence-corrected chi connectivity index (χ1v) is 5.84. The van der Waals surface area contributed by atoms with Crippen molar-refractivity contribution in [3.63, 3.8) is 0 Å². The van der Waals surface area contributed by atoms with Crippen molar-refractivity contribution < 1.29 is 78.6 Å². The van der Waals surface area contributed by atoms with E-state index in [1.807, 2.05) is 0 Å². The molecule has 0 saturated carbocycles. The topological polar surface area (TPSA) is 92.7 Å². The van der Waals surface area contributed by atoms with Crippen LogP contribution >= 0.6 is 0 Å². The zero-order chi connectivity index (χ0) is 11.7. The minimum atomic E-state index is -4.16. The molecule has 0 unspecified atom stereocenters. The minimum Gasteiger partial charge on any atom is -0.748 e. The van der Waals surface area contributed by atoms with Gasteiger partial charge in [0.25, 0.3) is 0 Å². The Kier molecular flexibility index (Phi) is 12.9. The van der Waals surface area contributed by atoms with Crippen LogP contribution in [0.5, 0.6) is 0 Å². The van der Waals surface area contributed by atoms with E-state index in [4.69, 9.17) is 4.74 Å². The molecular weight excluding hydrogens is 263 g/mol. The molecule has 0 saturated heterocycles. The number of carbonyl (C=O) groups excluding carboxylic acids is 1. The van der Waals surface area contributed by atoms with E-state index in [-0.39, 0.29) is 77.6 Å². The molecule has 0 amide bonds. The average Bonchev–Trinajstić information content (AvgIpc) is 2.14. The van der Waals surface area contributed by atoms with Crippen LogP contribution in [0.4, 0.5) is 0 Å². The van der Waals surface area contributed by atoms with Crippen molar-refractivity contribution in [1.82, 2.24) is 0 Å². The van der Waals surface area contributed by atoms with Crippen LogP contribution in [0, 0.1) is 0 Å². The number of hydrogen-bond acceptors (Lipinski definition) is 6. The van der Waals surface area contributed by atoms with Gasteiger partial charge < -0.3 is 14.0 Å². The molecule has 0 aromatic heterocycles. The van der Waals surface area contributed by atoms with Crippen molar-refractivity contribution in [3.05, 3.63) is 12.7 Å². The van der Waals surface area contributed by atoms with Crippen LogP contribution in [0.25, 0.3) is 0 Å². The van der Waals surface area contributed by atoms with Gasteiger partial charge in [0.2, 0.25) is 0 Å². The number of ether oxygens (including phenoxy) is 2. The second-order valence-electron chi connectivity index (χ2n) is 2.60. The van der Waals surface area contributed by atoms with E-state index in [2.05, 4.69) is 11.3 Å². The van der Waals surface area contributed by atoms with Crippen LogP contribution in [-0.4, -0.2) is 44.5 Å². The smallest absolute Gasteiger partial charge is 0.748 e. The van der Waals surface area contributed by atoms with Gasteiger partial charge in [0, 0.05) is 18.4 Å². The maximum Gasteiger partial charge on any atom is 1.00 e. The fraction of sp³-hybridized carbons (Fsp3) is 0.625. The van der Waals surface area contributed by atoms with Gasteiger partial charge in [0.05, 0.1) is 16.7 Å². The van der Waals surface area contributed by atoms with E-state index >= 15 is 0 Å². The van der Waals surface area contributed by atoms with Gasteiger partial charge in [0.15, 0.2) is 0 Å². The standard InChI is InChI=1S/C8H14O6S.K/c1-2-8(9)14-6-5-13-4-3-7-15(10,11)12;/h2H,1,3-7H2,(H,10,11,12);/q;+1/p-1. The van der Waals surface area contributed by atoms with Crippen molar-refractivity contribution in [1.29, 1.82) is 0 Å². The van der Waals surface area contributed by atoms with Gasteiger partial charge in [-0.1, -0.05) is 6.58 Å². The van der Waals surface area contributed by atoms with Gasteiger partial charge in [0.1, 0.15) is 6.61 Å². The third-order valence-electron chi connectivity index (χ3n) is 1.32. The van der Waals surface area contributed by atoms with Gasteiger partial charge in [-0.15, -0.1) is 0 Å². The summed E-state index contributed by atoms with van der Waals surface area (Å²) in [5.41, 5.74) is 0. The largest absolute Gasteiger partial charge is 1.00 e. The van der Waals surface area contributed by atoms with Crippen LogP contribution < -0.4 is 51.4 Å². The summed E-state index contributed by atoms with van der Waals surface area (Å²) in [4.78, 5) is 10.5. The van der Waals surface area contributed by atoms with Gasteiger partial charge >= 0.3 is 57.4 Å². The average molecular weight is 276 g/mol. The van der Waals surface area contributed by atoms with Gasteiger partial charge in [-0.25, -0.2) is 13.2 Å². The first-order valence-electron chi connectivity index (χ1n) is 4.26. The summed E-state index contributed by atoms with van der Waals surface area (Å²) in [6, 6.07) is 0. The Hall–Kier alpha value is 0.716. The predicted molar refractivity (Wildman–Crippen MR) is 51.2 cm³/mol. The van der Waals surface area contributed by atoms with Gasteiger partial charge in [-0.05, 0) is 6.42 Å². The molecule has 6 nitrogen and oxygen atoms in total. The van der Waals surface area contributed by atoms with Crippen LogP contribution in [0.1, 0.15) is 6.42 Å². The molecule has 0 N–H and O–H groups in total. The maximum absolute atomic E-state index is 10.5. The molecule has 0 radical (unpaired) electrons. The van der Waals surface area contributed by atoms with Crippen molar-refractivity contribution in [2.75, 3.05) is 25.6 Å². The normalized spacial score (nSPS) is 10.3. The van der Waals surface area contributed by atoms with E-state index in [1.165, 1.54) is 0 Å². The summed E-state index contributed by atoms with van der Waals surface area (Å²) in [5, 5.41) is 0. The summed E-state index contributed by atoms with van der Waals surface area (Å²) >= 11 is 0. The van der Waals surface area contributed by atoms with Crippen molar-refractivity contribution >= 4 is 16.1 Å².